The topological polar surface area (TPSA) is 57.9 Å². The number of nitrogens with zero attached hydrogens (tertiary/aromatic N) is 2. The van der Waals surface area contributed by atoms with Crippen molar-refractivity contribution in [1.29, 1.82) is 5.26 Å². The highest BCUT2D eigenvalue weighted by atomic mass is 35.5. The monoisotopic (exact) mass is 301 g/mol. The lowest BCUT2D eigenvalue weighted by atomic mass is 10.1. The van der Waals surface area contributed by atoms with E-state index in [1.165, 1.54) is 6.20 Å². The minimum absolute atomic E-state index is 0.491. The van der Waals surface area contributed by atoms with Gasteiger partial charge in [-0.1, -0.05) is 24.6 Å². The van der Waals surface area contributed by atoms with Gasteiger partial charge in [-0.25, -0.2) is 0 Å². The molecule has 0 saturated heterocycles. The molecule has 0 aliphatic rings. The number of hydrogen-bond donors (Lipinski definition) is 1. The van der Waals surface area contributed by atoms with Crippen LogP contribution >= 0.6 is 11.6 Å². The van der Waals surface area contributed by atoms with E-state index in [9.17, 15) is 5.26 Å². The Balaban J connectivity index is 2.15. The van der Waals surface area contributed by atoms with Gasteiger partial charge in [0.2, 0.25) is 0 Å². The molecule has 0 aliphatic carbocycles. The highest BCUT2D eigenvalue weighted by Crippen LogP contribution is 2.26. The molecule has 4 nitrogen and oxygen atoms in total. The van der Waals surface area contributed by atoms with Gasteiger partial charge in [-0.2, -0.15) is 5.26 Å². The Kier molecular flexibility index (Phi) is 5.56. The number of pyridine rings is 1. The highest BCUT2D eigenvalue weighted by molar-refractivity contribution is 6.30. The summed E-state index contributed by atoms with van der Waals surface area (Å²) >= 11 is 5.87. The summed E-state index contributed by atoms with van der Waals surface area (Å²) in [4.78, 5) is 3.95. The van der Waals surface area contributed by atoms with E-state index >= 15 is 0 Å². The normalized spacial score (nSPS) is 10.1. The maximum atomic E-state index is 9.25. The van der Waals surface area contributed by atoms with Crippen LogP contribution in [-0.2, 0) is 6.54 Å². The second-order valence-corrected chi connectivity index (χ2v) is 5.00. The third-order valence-electron chi connectivity index (χ3n) is 2.83. The zero-order valence-electron chi connectivity index (χ0n) is 11.8. The van der Waals surface area contributed by atoms with E-state index in [-0.39, 0.29) is 0 Å². The summed E-state index contributed by atoms with van der Waals surface area (Å²) in [6.45, 7) is 3.81. The Labute approximate surface area is 129 Å². The average molecular weight is 302 g/mol. The van der Waals surface area contributed by atoms with Gasteiger partial charge in [-0.15, -0.1) is 0 Å². The van der Waals surface area contributed by atoms with Gasteiger partial charge in [0.05, 0.1) is 16.8 Å². The molecule has 0 unspecified atom stereocenters. The Bertz CT molecular complexity index is 652. The Morgan fingerprint density at radius 3 is 2.90 bits per heavy atom. The predicted molar refractivity (Wildman–Crippen MR) is 82.5 cm³/mol. The maximum absolute atomic E-state index is 9.25. The zero-order chi connectivity index (χ0) is 15.1. The summed E-state index contributed by atoms with van der Waals surface area (Å²) in [5.41, 5.74) is 1.54. The molecule has 2 aromatic rings. The first kappa shape index (κ1) is 15.3. The van der Waals surface area contributed by atoms with E-state index in [1.807, 2.05) is 12.1 Å². The first-order valence-electron chi connectivity index (χ1n) is 6.75. The molecular formula is C16H16ClN3O. The standard InChI is InChI=1S/C16H16ClN3O/c1-2-5-19-9-12-3-4-16(13(6-12)8-18)21-15-7-14(17)10-20-11-15/h3-4,6-7,10-11,19H,2,5,9H2,1H3. The molecule has 108 valence electrons. The van der Waals surface area contributed by atoms with Crippen LogP contribution in [0.25, 0.3) is 0 Å². The number of nitriles is 1. The maximum Gasteiger partial charge on any atom is 0.147 e. The third kappa shape index (κ3) is 4.45. The fraction of sp³-hybridized carbons (Fsp3) is 0.250. The number of aromatic nitrogens is 1. The molecule has 0 amide bonds. The Hall–Kier alpha value is -2.09. The summed E-state index contributed by atoms with van der Waals surface area (Å²) in [6.07, 6.45) is 4.17. The van der Waals surface area contributed by atoms with Crippen LogP contribution in [0.5, 0.6) is 11.5 Å². The fourth-order valence-electron chi connectivity index (χ4n) is 1.85. The molecule has 5 heteroatoms. The van der Waals surface area contributed by atoms with Gasteiger partial charge in [0.25, 0.3) is 0 Å². The number of hydrogen-bond acceptors (Lipinski definition) is 4. The van der Waals surface area contributed by atoms with Crippen LogP contribution in [0.15, 0.2) is 36.7 Å². The van der Waals surface area contributed by atoms with Gasteiger partial charge in [-0.05, 0) is 30.7 Å². The number of ether oxygens (including phenoxy) is 1. The SMILES string of the molecule is CCCNCc1ccc(Oc2cncc(Cl)c2)c(C#N)c1. The van der Waals surface area contributed by atoms with Crippen molar-refractivity contribution in [1.82, 2.24) is 10.3 Å². The van der Waals surface area contributed by atoms with Crippen molar-refractivity contribution >= 4 is 11.6 Å². The molecule has 0 radical (unpaired) electrons. The van der Waals surface area contributed by atoms with Crippen LogP contribution in [0.2, 0.25) is 5.02 Å². The zero-order valence-corrected chi connectivity index (χ0v) is 12.5. The smallest absolute Gasteiger partial charge is 0.147 e. The molecule has 21 heavy (non-hydrogen) atoms. The van der Waals surface area contributed by atoms with Gasteiger partial charge in [0, 0.05) is 18.8 Å². The Morgan fingerprint density at radius 2 is 2.19 bits per heavy atom. The van der Waals surface area contributed by atoms with Gasteiger partial charge in [0.15, 0.2) is 0 Å². The van der Waals surface area contributed by atoms with Crippen molar-refractivity contribution in [3.05, 3.63) is 52.8 Å². The highest BCUT2D eigenvalue weighted by Gasteiger charge is 2.07. The van der Waals surface area contributed by atoms with Gasteiger partial charge in [0.1, 0.15) is 17.6 Å². The average Bonchev–Trinajstić information content (AvgIpc) is 2.49. The van der Waals surface area contributed by atoms with E-state index in [0.717, 1.165) is 25.1 Å². The molecule has 1 heterocycles. The molecule has 1 aromatic heterocycles. The first-order valence-corrected chi connectivity index (χ1v) is 7.13. The van der Waals surface area contributed by atoms with Crippen LogP contribution < -0.4 is 10.1 Å². The van der Waals surface area contributed by atoms with Crippen LogP contribution in [0.1, 0.15) is 24.5 Å². The minimum Gasteiger partial charge on any atom is -0.454 e. The van der Waals surface area contributed by atoms with Crippen molar-refractivity contribution in [2.45, 2.75) is 19.9 Å². The molecule has 0 fully saturated rings. The summed E-state index contributed by atoms with van der Waals surface area (Å²) in [5, 5.41) is 13.0. The number of benzene rings is 1. The molecule has 1 N–H and O–H groups in total. The van der Waals surface area contributed by atoms with Crippen molar-refractivity contribution in [3.8, 4) is 17.6 Å². The van der Waals surface area contributed by atoms with E-state index in [1.54, 1.807) is 18.3 Å². The van der Waals surface area contributed by atoms with Crippen molar-refractivity contribution < 1.29 is 4.74 Å². The second kappa shape index (κ2) is 7.63. The minimum atomic E-state index is 0.491. The number of nitrogens with one attached hydrogen (secondary N) is 1. The molecule has 2 rings (SSSR count). The lowest BCUT2D eigenvalue weighted by molar-refractivity contribution is 0.478. The molecule has 0 aliphatic heterocycles. The third-order valence-corrected chi connectivity index (χ3v) is 3.03. The largest absolute Gasteiger partial charge is 0.454 e. The first-order chi connectivity index (χ1) is 10.2. The quantitative estimate of drug-likeness (QED) is 0.822. The van der Waals surface area contributed by atoms with Gasteiger partial charge < -0.3 is 10.1 Å². The van der Waals surface area contributed by atoms with Crippen molar-refractivity contribution in [3.63, 3.8) is 0 Å². The predicted octanol–water partition coefficient (Wildman–Crippen LogP) is 3.90. The lowest BCUT2D eigenvalue weighted by Crippen LogP contribution is -2.13. The summed E-state index contributed by atoms with van der Waals surface area (Å²) < 4.78 is 5.67. The fourth-order valence-corrected chi connectivity index (χ4v) is 2.01. The Morgan fingerprint density at radius 1 is 1.33 bits per heavy atom. The van der Waals surface area contributed by atoms with E-state index < -0.39 is 0 Å². The van der Waals surface area contributed by atoms with Gasteiger partial charge in [-0.3, -0.25) is 4.98 Å². The van der Waals surface area contributed by atoms with Gasteiger partial charge >= 0.3 is 0 Å². The number of rotatable bonds is 6. The molecule has 1 aromatic carbocycles. The lowest BCUT2D eigenvalue weighted by Gasteiger charge is -2.09. The molecule has 0 atom stereocenters. The summed E-state index contributed by atoms with van der Waals surface area (Å²) in [7, 11) is 0. The molecular weight excluding hydrogens is 286 g/mol. The number of halogens is 1. The van der Waals surface area contributed by atoms with Crippen LogP contribution in [-0.4, -0.2) is 11.5 Å². The van der Waals surface area contributed by atoms with Crippen LogP contribution in [0.4, 0.5) is 0 Å². The molecule has 0 bridgehead atoms. The summed E-state index contributed by atoms with van der Waals surface area (Å²) in [6, 6.07) is 9.38. The molecule has 0 saturated carbocycles. The van der Waals surface area contributed by atoms with E-state index in [2.05, 4.69) is 23.3 Å². The van der Waals surface area contributed by atoms with Crippen LogP contribution in [0, 0.1) is 11.3 Å². The van der Waals surface area contributed by atoms with Crippen molar-refractivity contribution in [2.24, 2.45) is 0 Å². The van der Waals surface area contributed by atoms with Crippen LogP contribution in [0.3, 0.4) is 0 Å². The van der Waals surface area contributed by atoms with E-state index in [4.69, 9.17) is 16.3 Å². The second-order valence-electron chi connectivity index (χ2n) is 4.56. The molecule has 0 spiro atoms. The van der Waals surface area contributed by atoms with Crippen molar-refractivity contribution in [2.75, 3.05) is 6.54 Å². The van der Waals surface area contributed by atoms with E-state index in [0.29, 0.717) is 22.1 Å². The summed E-state index contributed by atoms with van der Waals surface area (Å²) in [5.74, 6) is 1.01.